The fraction of sp³-hybridized carbons (Fsp3) is 0.214. The molecule has 0 unspecified atom stereocenters. The lowest BCUT2D eigenvalue weighted by Crippen LogP contribution is -2.01. The van der Waals surface area contributed by atoms with Gasteiger partial charge in [0.15, 0.2) is 0 Å². The predicted molar refractivity (Wildman–Crippen MR) is 77.4 cm³/mol. The van der Waals surface area contributed by atoms with Crippen molar-refractivity contribution in [1.29, 1.82) is 0 Å². The van der Waals surface area contributed by atoms with Gasteiger partial charge in [0.05, 0.1) is 29.6 Å². The summed E-state index contributed by atoms with van der Waals surface area (Å²) in [5.41, 5.74) is 5.15. The van der Waals surface area contributed by atoms with Crippen LogP contribution in [0.5, 0.6) is 0 Å². The summed E-state index contributed by atoms with van der Waals surface area (Å²) in [5, 5.41) is 10.8. The molecule has 0 amide bonds. The molecule has 1 N–H and O–H groups in total. The minimum Gasteiger partial charge on any atom is -0.476 e. The molecule has 3 rings (SSSR count). The Morgan fingerprint density at radius 3 is 2.80 bits per heavy atom. The maximum absolute atomic E-state index is 10.8. The molecule has 2 heterocycles. The number of carbonyl (C=O) groups is 1. The van der Waals surface area contributed by atoms with Crippen LogP contribution in [-0.2, 0) is 6.54 Å². The van der Waals surface area contributed by atoms with Crippen LogP contribution in [0.4, 0.5) is 0 Å². The molecule has 0 atom stereocenters. The topological polar surface area (TPSA) is 68.0 Å². The van der Waals surface area contributed by atoms with Crippen LogP contribution in [0.3, 0.4) is 0 Å². The summed E-state index contributed by atoms with van der Waals surface area (Å²) in [6.07, 6.45) is 1.77. The summed E-state index contributed by atoms with van der Waals surface area (Å²) in [6, 6.07) is 4.16. The number of carboxylic acids is 1. The number of nitrogens with zero attached hydrogens (tertiary/aromatic N) is 3. The lowest BCUT2D eigenvalue weighted by atomic mass is 10.1. The zero-order chi connectivity index (χ0) is 14.3. The highest BCUT2D eigenvalue weighted by Gasteiger charge is 2.11. The molecule has 2 aromatic heterocycles. The fourth-order valence-corrected chi connectivity index (χ4v) is 2.74. The Labute approximate surface area is 119 Å². The Morgan fingerprint density at radius 1 is 1.35 bits per heavy atom. The van der Waals surface area contributed by atoms with Crippen molar-refractivity contribution in [1.82, 2.24) is 14.5 Å². The minimum atomic E-state index is -0.983. The third-order valence-corrected chi connectivity index (χ3v) is 4.18. The quantitative estimate of drug-likeness (QED) is 0.804. The Kier molecular flexibility index (Phi) is 3.02. The lowest BCUT2D eigenvalue weighted by molar-refractivity contribution is 0.0696. The molecule has 0 saturated heterocycles. The number of thiazole rings is 1. The van der Waals surface area contributed by atoms with E-state index in [1.54, 1.807) is 11.7 Å². The minimum absolute atomic E-state index is 0.122. The van der Waals surface area contributed by atoms with Gasteiger partial charge in [-0.05, 0) is 37.1 Å². The average Bonchev–Trinajstić information content (AvgIpc) is 3.00. The molecule has 0 saturated carbocycles. The van der Waals surface area contributed by atoms with Crippen LogP contribution < -0.4 is 0 Å². The molecule has 102 valence electrons. The van der Waals surface area contributed by atoms with Crippen LogP contribution >= 0.6 is 11.3 Å². The zero-order valence-corrected chi connectivity index (χ0v) is 11.9. The first kappa shape index (κ1) is 12.8. The molecule has 0 fully saturated rings. The molecular weight excluding hydrogens is 274 g/mol. The van der Waals surface area contributed by atoms with Gasteiger partial charge in [0.2, 0.25) is 5.01 Å². The van der Waals surface area contributed by atoms with Gasteiger partial charge in [0, 0.05) is 5.38 Å². The van der Waals surface area contributed by atoms with E-state index >= 15 is 0 Å². The van der Waals surface area contributed by atoms with E-state index in [-0.39, 0.29) is 5.01 Å². The van der Waals surface area contributed by atoms with E-state index < -0.39 is 5.97 Å². The summed E-state index contributed by atoms with van der Waals surface area (Å²) in [6.45, 7) is 4.66. The number of hydrogen-bond acceptors (Lipinski definition) is 4. The number of aryl methyl sites for hydroxylation is 2. The van der Waals surface area contributed by atoms with Crippen molar-refractivity contribution in [3.8, 4) is 0 Å². The van der Waals surface area contributed by atoms with Crippen LogP contribution in [0.1, 0.15) is 26.6 Å². The second-order valence-corrected chi connectivity index (χ2v) is 5.60. The molecule has 0 bridgehead atoms. The molecule has 20 heavy (non-hydrogen) atoms. The SMILES string of the molecule is Cc1cc2ncn(Cc3csc(C(=O)O)n3)c2cc1C. The summed E-state index contributed by atoms with van der Waals surface area (Å²) in [4.78, 5) is 19.3. The second kappa shape index (κ2) is 4.72. The molecule has 0 radical (unpaired) electrons. The van der Waals surface area contributed by atoms with Crippen LogP contribution in [0, 0.1) is 13.8 Å². The lowest BCUT2D eigenvalue weighted by Gasteiger charge is -2.04. The summed E-state index contributed by atoms with van der Waals surface area (Å²) in [7, 11) is 0. The van der Waals surface area contributed by atoms with E-state index in [2.05, 4.69) is 35.9 Å². The van der Waals surface area contributed by atoms with Crippen molar-refractivity contribution in [2.24, 2.45) is 0 Å². The van der Waals surface area contributed by atoms with Gasteiger partial charge in [-0.2, -0.15) is 0 Å². The first-order chi connectivity index (χ1) is 9.54. The standard InChI is InChI=1S/C14H13N3O2S/c1-8-3-11-12(4-9(8)2)17(7-15-11)5-10-6-20-13(16-10)14(18)19/h3-4,6-7H,5H2,1-2H3,(H,18,19). The highest BCUT2D eigenvalue weighted by molar-refractivity contribution is 7.11. The number of hydrogen-bond donors (Lipinski definition) is 1. The van der Waals surface area contributed by atoms with Crippen LogP contribution in [0.25, 0.3) is 11.0 Å². The first-order valence-electron chi connectivity index (χ1n) is 6.14. The number of carboxylic acid groups (broad SMARTS) is 1. The highest BCUT2D eigenvalue weighted by atomic mass is 32.1. The summed E-state index contributed by atoms with van der Waals surface area (Å²) in [5.74, 6) is -0.983. The van der Waals surface area contributed by atoms with Gasteiger partial charge in [0.25, 0.3) is 0 Å². The number of benzene rings is 1. The van der Waals surface area contributed by atoms with Crippen molar-refractivity contribution >= 4 is 28.3 Å². The Hall–Kier alpha value is -2.21. The van der Waals surface area contributed by atoms with Gasteiger partial charge in [0.1, 0.15) is 0 Å². The number of rotatable bonds is 3. The van der Waals surface area contributed by atoms with Gasteiger partial charge < -0.3 is 9.67 Å². The molecule has 3 aromatic rings. The average molecular weight is 287 g/mol. The summed E-state index contributed by atoms with van der Waals surface area (Å²) >= 11 is 1.15. The van der Waals surface area contributed by atoms with Crippen molar-refractivity contribution in [3.05, 3.63) is 45.7 Å². The van der Waals surface area contributed by atoms with Gasteiger partial charge in [-0.15, -0.1) is 11.3 Å². The van der Waals surface area contributed by atoms with Crippen molar-refractivity contribution in [2.45, 2.75) is 20.4 Å². The molecule has 0 spiro atoms. The first-order valence-corrected chi connectivity index (χ1v) is 7.02. The number of imidazole rings is 1. The van der Waals surface area contributed by atoms with Crippen LogP contribution in [-0.4, -0.2) is 25.6 Å². The van der Waals surface area contributed by atoms with Crippen molar-refractivity contribution in [2.75, 3.05) is 0 Å². The highest BCUT2D eigenvalue weighted by Crippen LogP contribution is 2.20. The van der Waals surface area contributed by atoms with E-state index in [9.17, 15) is 4.79 Å². The summed E-state index contributed by atoms with van der Waals surface area (Å²) < 4.78 is 1.99. The third-order valence-electron chi connectivity index (χ3n) is 3.30. The number of aromatic carboxylic acids is 1. The maximum Gasteiger partial charge on any atom is 0.365 e. The van der Waals surface area contributed by atoms with Crippen LogP contribution in [0.15, 0.2) is 23.8 Å². The third kappa shape index (κ3) is 2.18. The largest absolute Gasteiger partial charge is 0.476 e. The van der Waals surface area contributed by atoms with Crippen LogP contribution in [0.2, 0.25) is 0 Å². The van der Waals surface area contributed by atoms with E-state index in [1.807, 2.05) is 4.57 Å². The molecule has 0 aliphatic carbocycles. The molecule has 0 aliphatic heterocycles. The smallest absolute Gasteiger partial charge is 0.365 e. The molecule has 0 aliphatic rings. The van der Waals surface area contributed by atoms with E-state index in [0.717, 1.165) is 28.1 Å². The Morgan fingerprint density at radius 2 is 2.10 bits per heavy atom. The monoisotopic (exact) mass is 287 g/mol. The Balaban J connectivity index is 1.98. The number of aromatic nitrogens is 3. The van der Waals surface area contributed by atoms with Crippen molar-refractivity contribution in [3.63, 3.8) is 0 Å². The van der Waals surface area contributed by atoms with Gasteiger partial charge >= 0.3 is 5.97 Å². The fourth-order valence-electron chi connectivity index (χ4n) is 2.09. The molecular formula is C14H13N3O2S. The Bertz CT molecular complexity index is 804. The maximum atomic E-state index is 10.8. The van der Waals surface area contributed by atoms with Crippen molar-refractivity contribution < 1.29 is 9.90 Å². The zero-order valence-electron chi connectivity index (χ0n) is 11.1. The molecule has 5 nitrogen and oxygen atoms in total. The second-order valence-electron chi connectivity index (χ2n) is 4.75. The van der Waals surface area contributed by atoms with E-state index in [4.69, 9.17) is 5.11 Å². The molecule has 6 heteroatoms. The van der Waals surface area contributed by atoms with E-state index in [0.29, 0.717) is 6.54 Å². The predicted octanol–water partition coefficient (Wildman–Crippen LogP) is 2.86. The number of fused-ring (bicyclic) bond motifs is 1. The molecule has 1 aromatic carbocycles. The normalized spacial score (nSPS) is 11.1. The van der Waals surface area contributed by atoms with Gasteiger partial charge in [-0.1, -0.05) is 0 Å². The van der Waals surface area contributed by atoms with Gasteiger partial charge in [-0.25, -0.2) is 14.8 Å². The van der Waals surface area contributed by atoms with E-state index in [1.165, 1.54) is 11.1 Å². The van der Waals surface area contributed by atoms with Gasteiger partial charge in [-0.3, -0.25) is 0 Å².